The molecule has 0 saturated heterocycles. The minimum absolute atomic E-state index is 0.0471. The number of benzene rings is 2. The number of carboxylic acid groups (broad SMARTS) is 1. The summed E-state index contributed by atoms with van der Waals surface area (Å²) < 4.78 is 0. The van der Waals surface area contributed by atoms with Crippen molar-refractivity contribution in [2.45, 2.75) is 46.2 Å². The molecule has 0 aromatic heterocycles. The Labute approximate surface area is 211 Å². The van der Waals surface area contributed by atoms with Gasteiger partial charge in [0.25, 0.3) is 5.69 Å². The van der Waals surface area contributed by atoms with Crippen molar-refractivity contribution in [3.05, 3.63) is 74.8 Å². The van der Waals surface area contributed by atoms with Gasteiger partial charge < -0.3 is 10.0 Å². The first-order chi connectivity index (χ1) is 16.3. The zero-order valence-corrected chi connectivity index (χ0v) is 20.3. The van der Waals surface area contributed by atoms with Crippen molar-refractivity contribution in [2.75, 3.05) is 11.4 Å². The Morgan fingerprint density at radius 3 is 2.76 bits per heavy atom. The number of halogens is 2. The molecule has 9 heteroatoms. The van der Waals surface area contributed by atoms with Crippen LogP contribution in [0.25, 0.3) is 0 Å². The molecule has 6 nitrogen and oxygen atoms in total. The first-order valence-electron chi connectivity index (χ1n) is 11.4. The molecule has 0 amide bonds. The van der Waals surface area contributed by atoms with Crippen LogP contribution < -0.4 is 4.90 Å². The van der Waals surface area contributed by atoms with Gasteiger partial charge in [-0.05, 0) is 54.0 Å². The molecule has 0 radical (unpaired) electrons. The fraction of sp³-hybridized carbons (Fsp3) is 0.400. The normalized spacial score (nSPS) is 32.8. The molecule has 4 aliphatic rings. The summed E-state index contributed by atoms with van der Waals surface area (Å²) in [5.74, 6) is -0.658. The second kappa shape index (κ2) is 8.18. The van der Waals surface area contributed by atoms with E-state index >= 15 is 0 Å². The fourth-order valence-corrected chi connectivity index (χ4v) is 8.78. The highest BCUT2D eigenvalue weighted by atomic mass is 35.5. The number of allylic oxidation sites excluding steroid dienone is 2. The molecule has 7 atom stereocenters. The van der Waals surface area contributed by atoms with Crippen LogP contribution >= 0.6 is 35.0 Å². The summed E-state index contributed by atoms with van der Waals surface area (Å²) in [5.41, 5.74) is 3.14. The van der Waals surface area contributed by atoms with Gasteiger partial charge >= 0.3 is 5.97 Å². The van der Waals surface area contributed by atoms with Gasteiger partial charge in [-0.3, -0.25) is 10.1 Å². The maximum absolute atomic E-state index is 12.7. The SMILES string of the molecule is O=C(O)[C@@H]1[C@@H]2C[C@H](Sc3ccccc3[N+](=O)[O-])[C@H](Cl)[C@@H]2c2cc(Cl)cc3c2N1C[C@H]1CC=C[C@H]31. The van der Waals surface area contributed by atoms with Gasteiger partial charge in [0, 0.05) is 40.4 Å². The molecule has 2 aromatic carbocycles. The number of thioether (sulfide) groups is 1. The van der Waals surface area contributed by atoms with E-state index in [9.17, 15) is 20.0 Å². The number of hydrogen-bond acceptors (Lipinski definition) is 5. The highest BCUT2D eigenvalue weighted by molar-refractivity contribution is 8.00. The number of rotatable bonds is 4. The molecule has 0 bridgehead atoms. The van der Waals surface area contributed by atoms with Crippen LogP contribution in [0.2, 0.25) is 5.02 Å². The first-order valence-corrected chi connectivity index (χ1v) is 13.1. The molecule has 1 saturated carbocycles. The van der Waals surface area contributed by atoms with Crippen molar-refractivity contribution in [1.29, 1.82) is 0 Å². The molecule has 0 spiro atoms. The summed E-state index contributed by atoms with van der Waals surface area (Å²) in [5, 5.41) is 22.0. The average Bonchev–Trinajstić information content (AvgIpc) is 3.38. The minimum Gasteiger partial charge on any atom is -0.480 e. The largest absolute Gasteiger partial charge is 0.480 e. The van der Waals surface area contributed by atoms with Crippen LogP contribution in [-0.2, 0) is 4.79 Å². The molecule has 1 fully saturated rings. The summed E-state index contributed by atoms with van der Waals surface area (Å²) in [6.45, 7) is 0.689. The predicted molar refractivity (Wildman–Crippen MR) is 133 cm³/mol. The topological polar surface area (TPSA) is 83.7 Å². The van der Waals surface area contributed by atoms with Crippen molar-refractivity contribution in [1.82, 2.24) is 0 Å². The minimum atomic E-state index is -0.842. The van der Waals surface area contributed by atoms with E-state index in [-0.39, 0.29) is 39.0 Å². The lowest BCUT2D eigenvalue weighted by Gasteiger charge is -2.49. The van der Waals surface area contributed by atoms with Crippen LogP contribution in [0.1, 0.15) is 35.8 Å². The molecular weight excluding hydrogens is 495 g/mol. The lowest BCUT2D eigenvalue weighted by atomic mass is 9.72. The Morgan fingerprint density at radius 2 is 2.00 bits per heavy atom. The second-order valence-electron chi connectivity index (χ2n) is 9.57. The summed E-state index contributed by atoms with van der Waals surface area (Å²) in [4.78, 5) is 26.5. The third kappa shape index (κ3) is 3.28. The number of nitrogens with zero attached hydrogens (tertiary/aromatic N) is 2. The van der Waals surface area contributed by atoms with Crippen LogP contribution in [-0.4, -0.2) is 39.2 Å². The highest BCUT2D eigenvalue weighted by Gasteiger charge is 2.56. The van der Waals surface area contributed by atoms with E-state index in [2.05, 4.69) is 17.1 Å². The van der Waals surface area contributed by atoms with Crippen molar-refractivity contribution < 1.29 is 14.8 Å². The number of nitro benzene ring substituents is 1. The summed E-state index contributed by atoms with van der Waals surface area (Å²) in [7, 11) is 0. The van der Waals surface area contributed by atoms with Gasteiger partial charge in [-0.25, -0.2) is 4.79 Å². The zero-order valence-electron chi connectivity index (χ0n) is 18.0. The van der Waals surface area contributed by atoms with E-state index in [0.717, 1.165) is 23.2 Å². The maximum Gasteiger partial charge on any atom is 0.326 e. The Balaban J connectivity index is 1.45. The third-order valence-electron chi connectivity index (χ3n) is 7.86. The van der Waals surface area contributed by atoms with Crippen molar-refractivity contribution in [2.24, 2.45) is 11.8 Å². The first kappa shape index (κ1) is 22.3. The monoisotopic (exact) mass is 516 g/mol. The van der Waals surface area contributed by atoms with Crippen LogP contribution in [0.3, 0.4) is 0 Å². The van der Waals surface area contributed by atoms with Gasteiger partial charge in [-0.15, -0.1) is 23.4 Å². The number of anilines is 1. The van der Waals surface area contributed by atoms with Gasteiger partial charge in [0.15, 0.2) is 0 Å². The Hall–Kier alpha value is -2.22. The number of alkyl halides is 1. The average molecular weight is 517 g/mol. The molecule has 2 aromatic rings. The fourth-order valence-electron chi connectivity index (χ4n) is 6.60. The number of hydrogen-bond donors (Lipinski definition) is 1. The van der Waals surface area contributed by atoms with Crippen LogP contribution in [0, 0.1) is 22.0 Å². The lowest BCUT2D eigenvalue weighted by molar-refractivity contribution is -0.387. The lowest BCUT2D eigenvalue weighted by Crippen LogP contribution is -2.55. The van der Waals surface area contributed by atoms with E-state index in [1.165, 1.54) is 17.8 Å². The van der Waals surface area contributed by atoms with Gasteiger partial charge in [0.2, 0.25) is 0 Å². The van der Waals surface area contributed by atoms with Crippen LogP contribution in [0.5, 0.6) is 0 Å². The van der Waals surface area contributed by atoms with Gasteiger partial charge in [0.1, 0.15) is 6.04 Å². The highest BCUT2D eigenvalue weighted by Crippen LogP contribution is 2.60. The van der Waals surface area contributed by atoms with E-state index in [0.29, 0.717) is 28.8 Å². The number of carboxylic acids is 1. The number of fused-ring (bicyclic) bond motifs is 4. The molecule has 2 aliphatic carbocycles. The number of aliphatic carboxylic acids is 1. The second-order valence-corrected chi connectivity index (χ2v) is 11.8. The van der Waals surface area contributed by atoms with Crippen molar-refractivity contribution in [3.63, 3.8) is 0 Å². The van der Waals surface area contributed by atoms with E-state index in [1.807, 2.05) is 12.1 Å². The molecule has 6 rings (SSSR count). The Morgan fingerprint density at radius 1 is 1.24 bits per heavy atom. The molecular formula is C25H22Cl2N2O4S. The Bertz CT molecular complexity index is 1240. The van der Waals surface area contributed by atoms with Gasteiger partial charge in [-0.2, -0.15) is 0 Å². The van der Waals surface area contributed by atoms with Crippen molar-refractivity contribution in [3.8, 4) is 0 Å². The summed E-state index contributed by atoms with van der Waals surface area (Å²) >= 11 is 15.1. The van der Waals surface area contributed by atoms with E-state index < -0.39 is 12.0 Å². The van der Waals surface area contributed by atoms with E-state index in [1.54, 1.807) is 18.2 Å². The number of carbonyl (C=O) groups is 1. The molecule has 34 heavy (non-hydrogen) atoms. The maximum atomic E-state index is 12.7. The zero-order chi connectivity index (χ0) is 23.7. The van der Waals surface area contributed by atoms with Crippen LogP contribution in [0.15, 0.2) is 53.4 Å². The third-order valence-corrected chi connectivity index (χ3v) is 10.2. The quantitative estimate of drug-likeness (QED) is 0.230. The summed E-state index contributed by atoms with van der Waals surface area (Å²) in [6.07, 6.45) is 5.89. The Kier molecular flexibility index (Phi) is 5.35. The molecule has 2 heterocycles. The number of nitro groups is 1. The van der Waals surface area contributed by atoms with Crippen molar-refractivity contribution >= 4 is 52.3 Å². The summed E-state index contributed by atoms with van der Waals surface area (Å²) in [6, 6.07) is 9.90. The molecule has 176 valence electrons. The smallest absolute Gasteiger partial charge is 0.326 e. The van der Waals surface area contributed by atoms with Gasteiger partial charge in [0.05, 0.1) is 15.2 Å². The number of para-hydroxylation sites is 1. The van der Waals surface area contributed by atoms with Gasteiger partial charge in [-0.1, -0.05) is 35.9 Å². The predicted octanol–water partition coefficient (Wildman–Crippen LogP) is 6.07. The standard InChI is InChI=1S/C25H22Cl2N2O4S/c26-13-8-15-14-5-3-4-12(14)11-28-23(15)16(9-13)21-17(24(28)25(30)31)10-20(22(21)27)34-19-7-2-1-6-18(19)29(32)33/h1-3,5-9,12,14,17,20-22,24H,4,10-11H2,(H,30,31)/t12-,14+,17-,20+,21-,22+,24+/m1/s1. The molecule has 2 aliphatic heterocycles. The van der Waals surface area contributed by atoms with Crippen LogP contribution in [0.4, 0.5) is 11.4 Å². The van der Waals surface area contributed by atoms with E-state index in [4.69, 9.17) is 23.2 Å². The molecule has 0 unspecified atom stereocenters. The molecule has 1 N–H and O–H groups in total.